The molecule has 0 bridgehead atoms. The van der Waals surface area contributed by atoms with Gasteiger partial charge >= 0.3 is 5.97 Å². The molecule has 0 atom stereocenters. The summed E-state index contributed by atoms with van der Waals surface area (Å²) in [6, 6.07) is 1.57. The van der Waals surface area contributed by atoms with Crippen molar-refractivity contribution >= 4 is 21.9 Å². The van der Waals surface area contributed by atoms with E-state index in [0.717, 1.165) is 4.60 Å². The molecule has 0 saturated carbocycles. The van der Waals surface area contributed by atoms with Crippen LogP contribution >= 0.6 is 15.9 Å². The van der Waals surface area contributed by atoms with Gasteiger partial charge < -0.3 is 14.4 Å². The highest BCUT2D eigenvalue weighted by Crippen LogP contribution is 2.15. The number of halogens is 1. The van der Waals surface area contributed by atoms with Crippen molar-refractivity contribution in [1.82, 2.24) is 4.57 Å². The van der Waals surface area contributed by atoms with Crippen LogP contribution in [0.4, 0.5) is 0 Å². The van der Waals surface area contributed by atoms with Crippen LogP contribution < -0.4 is 0 Å². The van der Waals surface area contributed by atoms with Gasteiger partial charge in [0, 0.05) is 19.9 Å². The van der Waals surface area contributed by atoms with E-state index in [2.05, 4.69) is 15.9 Å². The third-order valence-electron chi connectivity index (χ3n) is 1.63. The van der Waals surface area contributed by atoms with E-state index >= 15 is 0 Å². The molecule has 72 valence electrons. The molecule has 0 fully saturated rings. The first kappa shape index (κ1) is 10.3. The van der Waals surface area contributed by atoms with Crippen molar-refractivity contribution in [2.24, 2.45) is 0 Å². The van der Waals surface area contributed by atoms with E-state index in [0.29, 0.717) is 13.2 Å². The minimum absolute atomic E-state index is 0.281. The molecule has 1 N–H and O–H groups in total. The number of ether oxygens (including phenoxy) is 1. The lowest BCUT2D eigenvalue weighted by atomic mass is 10.4. The molecule has 0 aliphatic heterocycles. The third kappa shape index (κ3) is 2.57. The fourth-order valence-corrected chi connectivity index (χ4v) is 1.48. The quantitative estimate of drug-likeness (QED) is 0.880. The largest absolute Gasteiger partial charge is 0.478 e. The fraction of sp³-hybridized carbons (Fsp3) is 0.375. The van der Waals surface area contributed by atoms with E-state index < -0.39 is 5.97 Å². The summed E-state index contributed by atoms with van der Waals surface area (Å²) in [4.78, 5) is 10.6. The maximum Gasteiger partial charge on any atom is 0.337 e. The molecule has 13 heavy (non-hydrogen) atoms. The first-order chi connectivity index (χ1) is 6.15. The number of aromatic carboxylic acids is 1. The standard InChI is InChI=1S/C8H10BrNO3/c1-13-3-2-10-5-6(8(11)12)4-7(10)9/h4-5H,2-3H2,1H3,(H,11,12). The molecule has 1 aromatic heterocycles. The smallest absolute Gasteiger partial charge is 0.337 e. The molecule has 0 amide bonds. The van der Waals surface area contributed by atoms with Crippen LogP contribution in [0.3, 0.4) is 0 Å². The Morgan fingerprint density at radius 2 is 2.46 bits per heavy atom. The average Bonchev–Trinajstić information content (AvgIpc) is 2.44. The van der Waals surface area contributed by atoms with Gasteiger partial charge in [0.15, 0.2) is 0 Å². The number of rotatable bonds is 4. The lowest BCUT2D eigenvalue weighted by Gasteiger charge is -2.02. The normalized spacial score (nSPS) is 10.3. The third-order valence-corrected chi connectivity index (χ3v) is 2.31. The molecule has 1 aromatic rings. The molecule has 0 aliphatic carbocycles. The zero-order chi connectivity index (χ0) is 9.84. The van der Waals surface area contributed by atoms with Crippen LogP contribution in [-0.4, -0.2) is 29.4 Å². The maximum atomic E-state index is 10.6. The molecular weight excluding hydrogens is 238 g/mol. The van der Waals surface area contributed by atoms with Crippen LogP contribution in [0.15, 0.2) is 16.9 Å². The van der Waals surface area contributed by atoms with Gasteiger partial charge in [-0.25, -0.2) is 4.79 Å². The zero-order valence-electron chi connectivity index (χ0n) is 7.16. The summed E-state index contributed by atoms with van der Waals surface area (Å²) in [5.41, 5.74) is 0.281. The molecule has 1 rings (SSSR count). The van der Waals surface area contributed by atoms with Crippen LogP contribution in [0.25, 0.3) is 0 Å². The fourth-order valence-electron chi connectivity index (χ4n) is 0.956. The van der Waals surface area contributed by atoms with Gasteiger partial charge in [-0.3, -0.25) is 0 Å². The first-order valence-electron chi connectivity index (χ1n) is 3.73. The van der Waals surface area contributed by atoms with Gasteiger partial charge in [0.2, 0.25) is 0 Å². The Morgan fingerprint density at radius 1 is 1.77 bits per heavy atom. The summed E-state index contributed by atoms with van der Waals surface area (Å²) in [5, 5.41) is 8.68. The second-order valence-corrected chi connectivity index (χ2v) is 3.36. The molecule has 0 spiro atoms. The Morgan fingerprint density at radius 3 is 2.92 bits per heavy atom. The molecular formula is C8H10BrNO3. The summed E-state index contributed by atoms with van der Waals surface area (Å²) in [7, 11) is 1.61. The van der Waals surface area contributed by atoms with E-state index in [-0.39, 0.29) is 5.56 Å². The Labute approximate surface area is 84.2 Å². The number of hydrogen-bond acceptors (Lipinski definition) is 2. The van der Waals surface area contributed by atoms with Crippen molar-refractivity contribution in [2.45, 2.75) is 6.54 Å². The van der Waals surface area contributed by atoms with E-state index in [1.807, 2.05) is 0 Å². The monoisotopic (exact) mass is 247 g/mol. The number of carbonyl (C=O) groups is 1. The molecule has 0 radical (unpaired) electrons. The van der Waals surface area contributed by atoms with Gasteiger partial charge in [-0.05, 0) is 22.0 Å². The molecule has 5 heteroatoms. The SMILES string of the molecule is COCCn1cc(C(=O)O)cc1Br. The van der Waals surface area contributed by atoms with Crippen molar-refractivity contribution in [3.05, 3.63) is 22.4 Å². The molecule has 0 unspecified atom stereocenters. The lowest BCUT2D eigenvalue weighted by Crippen LogP contribution is -2.03. The Kier molecular flexibility index (Phi) is 3.50. The van der Waals surface area contributed by atoms with E-state index in [1.54, 1.807) is 23.9 Å². The van der Waals surface area contributed by atoms with Gasteiger partial charge in [0.25, 0.3) is 0 Å². The van der Waals surface area contributed by atoms with E-state index in [4.69, 9.17) is 9.84 Å². The van der Waals surface area contributed by atoms with Gasteiger partial charge in [-0.15, -0.1) is 0 Å². The molecule has 0 aliphatic rings. The molecule has 0 saturated heterocycles. The molecule has 0 aromatic carbocycles. The van der Waals surface area contributed by atoms with E-state index in [9.17, 15) is 4.79 Å². The summed E-state index contributed by atoms with van der Waals surface area (Å²) in [6.45, 7) is 1.21. The number of nitrogens with zero attached hydrogens (tertiary/aromatic N) is 1. The van der Waals surface area contributed by atoms with Crippen molar-refractivity contribution in [1.29, 1.82) is 0 Å². The predicted octanol–water partition coefficient (Wildman–Crippen LogP) is 1.60. The summed E-state index contributed by atoms with van der Waals surface area (Å²) in [5.74, 6) is -0.920. The molecule has 4 nitrogen and oxygen atoms in total. The molecule has 1 heterocycles. The van der Waals surface area contributed by atoms with Crippen LogP contribution in [-0.2, 0) is 11.3 Å². The number of aromatic nitrogens is 1. The van der Waals surface area contributed by atoms with Gasteiger partial charge in [0.1, 0.15) is 0 Å². The predicted molar refractivity (Wildman–Crippen MR) is 51.0 cm³/mol. The van der Waals surface area contributed by atoms with Crippen LogP contribution in [0.1, 0.15) is 10.4 Å². The summed E-state index contributed by atoms with van der Waals surface area (Å²) >= 11 is 3.26. The highest BCUT2D eigenvalue weighted by molar-refractivity contribution is 9.10. The maximum absolute atomic E-state index is 10.6. The van der Waals surface area contributed by atoms with Crippen molar-refractivity contribution < 1.29 is 14.6 Å². The Bertz CT molecular complexity index is 308. The number of methoxy groups -OCH3 is 1. The van der Waals surface area contributed by atoms with Crippen molar-refractivity contribution in [3.8, 4) is 0 Å². The number of carboxylic acid groups (broad SMARTS) is 1. The minimum Gasteiger partial charge on any atom is -0.478 e. The van der Waals surface area contributed by atoms with Crippen molar-refractivity contribution in [3.63, 3.8) is 0 Å². The average molecular weight is 248 g/mol. The topological polar surface area (TPSA) is 51.5 Å². The first-order valence-corrected chi connectivity index (χ1v) is 4.52. The van der Waals surface area contributed by atoms with E-state index in [1.165, 1.54) is 0 Å². The number of hydrogen-bond donors (Lipinski definition) is 1. The number of carboxylic acids is 1. The van der Waals surface area contributed by atoms with Crippen LogP contribution in [0.2, 0.25) is 0 Å². The van der Waals surface area contributed by atoms with Crippen LogP contribution in [0, 0.1) is 0 Å². The Hall–Kier alpha value is -0.810. The van der Waals surface area contributed by atoms with Gasteiger partial charge in [-0.2, -0.15) is 0 Å². The van der Waals surface area contributed by atoms with Gasteiger partial charge in [-0.1, -0.05) is 0 Å². The highest BCUT2D eigenvalue weighted by Gasteiger charge is 2.08. The highest BCUT2D eigenvalue weighted by atomic mass is 79.9. The second kappa shape index (κ2) is 4.43. The van der Waals surface area contributed by atoms with Crippen molar-refractivity contribution in [2.75, 3.05) is 13.7 Å². The lowest BCUT2D eigenvalue weighted by molar-refractivity contribution is 0.0696. The summed E-state index contributed by atoms with van der Waals surface area (Å²) in [6.07, 6.45) is 1.57. The zero-order valence-corrected chi connectivity index (χ0v) is 8.74. The van der Waals surface area contributed by atoms with Crippen LogP contribution in [0.5, 0.6) is 0 Å². The minimum atomic E-state index is -0.920. The second-order valence-electron chi connectivity index (χ2n) is 2.54. The summed E-state index contributed by atoms with van der Waals surface area (Å²) < 4.78 is 7.42. The Balaban J connectivity index is 2.77. The van der Waals surface area contributed by atoms with Gasteiger partial charge in [0.05, 0.1) is 16.8 Å².